The van der Waals surface area contributed by atoms with E-state index >= 15 is 0 Å². The summed E-state index contributed by atoms with van der Waals surface area (Å²) in [6, 6.07) is 12.6. The number of aryl methyl sites for hydroxylation is 2. The van der Waals surface area contributed by atoms with Crippen LogP contribution in [0.4, 0.5) is 0 Å². The molecule has 2 aromatic carbocycles. The predicted molar refractivity (Wildman–Crippen MR) is 85.9 cm³/mol. The van der Waals surface area contributed by atoms with Gasteiger partial charge < -0.3 is 20.1 Å². The van der Waals surface area contributed by atoms with E-state index in [0.717, 1.165) is 11.1 Å². The minimum absolute atomic E-state index is 0.0380. The van der Waals surface area contributed by atoms with Gasteiger partial charge in [-0.2, -0.15) is 0 Å². The molecule has 0 heterocycles. The summed E-state index contributed by atoms with van der Waals surface area (Å²) in [6.07, 6.45) is -2.29. The fourth-order valence-corrected chi connectivity index (χ4v) is 2.32. The molecule has 2 unspecified atom stereocenters. The summed E-state index contributed by atoms with van der Waals surface area (Å²) in [5.41, 5.74) is -0.638. The smallest absolute Gasteiger partial charge is 0.356 e. The number of aliphatic hydroxyl groups is 1. The molecule has 0 fully saturated rings. The van der Waals surface area contributed by atoms with Crippen LogP contribution < -0.4 is 4.74 Å². The van der Waals surface area contributed by atoms with E-state index in [4.69, 9.17) is 4.74 Å². The Kier molecular flexibility index (Phi) is 4.90. The summed E-state index contributed by atoms with van der Waals surface area (Å²) in [6.45, 7) is 3.65. The molecule has 0 amide bonds. The highest BCUT2D eigenvalue weighted by molar-refractivity contribution is 5.89. The first kappa shape index (κ1) is 17.5. The molecule has 0 aromatic heterocycles. The largest absolute Gasteiger partial charge is 0.479 e. The maximum Gasteiger partial charge on any atom is 0.356 e. The maximum atomic E-state index is 12.0. The van der Waals surface area contributed by atoms with Gasteiger partial charge in [0.2, 0.25) is 6.10 Å². The second kappa shape index (κ2) is 6.72. The average Bonchev–Trinajstić information content (AvgIpc) is 2.54. The quantitative estimate of drug-likeness (QED) is 0.749. The van der Waals surface area contributed by atoms with Gasteiger partial charge >= 0.3 is 11.9 Å². The highest BCUT2D eigenvalue weighted by Gasteiger charge is 2.53. The van der Waals surface area contributed by atoms with Gasteiger partial charge in [0.25, 0.3) is 5.60 Å². The second-order valence-electron chi connectivity index (χ2n) is 5.56. The monoisotopic (exact) mass is 330 g/mol. The molecule has 0 radical (unpaired) electrons. The van der Waals surface area contributed by atoms with E-state index in [9.17, 15) is 24.9 Å². The Morgan fingerprint density at radius 1 is 0.917 bits per heavy atom. The van der Waals surface area contributed by atoms with E-state index in [-0.39, 0.29) is 11.3 Å². The van der Waals surface area contributed by atoms with Gasteiger partial charge in [0, 0.05) is 5.56 Å². The van der Waals surface area contributed by atoms with Crippen molar-refractivity contribution in [1.29, 1.82) is 0 Å². The molecule has 2 aromatic rings. The van der Waals surface area contributed by atoms with Crippen LogP contribution in [0.3, 0.4) is 0 Å². The van der Waals surface area contributed by atoms with Crippen molar-refractivity contribution in [2.24, 2.45) is 0 Å². The van der Waals surface area contributed by atoms with E-state index in [2.05, 4.69) is 0 Å². The topological polar surface area (TPSA) is 104 Å². The van der Waals surface area contributed by atoms with Crippen LogP contribution in [0.2, 0.25) is 0 Å². The molecule has 2 rings (SSSR count). The predicted octanol–water partition coefficient (Wildman–Crippen LogP) is 2.11. The van der Waals surface area contributed by atoms with Crippen molar-refractivity contribution >= 4 is 11.9 Å². The van der Waals surface area contributed by atoms with Gasteiger partial charge in [-0.25, -0.2) is 9.59 Å². The lowest BCUT2D eigenvalue weighted by Gasteiger charge is -2.33. The van der Waals surface area contributed by atoms with Crippen LogP contribution in [0.25, 0.3) is 0 Å². The number of hydrogen-bond donors (Lipinski definition) is 3. The first-order valence-electron chi connectivity index (χ1n) is 7.24. The molecule has 6 nitrogen and oxygen atoms in total. The standard InChI is InChI=1S/C18H18O6/c1-11-3-7-13(8-4-11)18(17(22)23,15(19)16(20)21)24-14-9-5-12(2)6-10-14/h3-10,15,19H,1-2H3,(H,20,21)(H,22,23). The van der Waals surface area contributed by atoms with Crippen LogP contribution in [0.5, 0.6) is 5.75 Å². The Balaban J connectivity index is 2.61. The second-order valence-corrected chi connectivity index (χ2v) is 5.56. The lowest BCUT2D eigenvalue weighted by atomic mass is 9.87. The van der Waals surface area contributed by atoms with Crippen molar-refractivity contribution in [3.05, 3.63) is 65.2 Å². The fourth-order valence-electron chi connectivity index (χ4n) is 2.32. The van der Waals surface area contributed by atoms with Crippen LogP contribution in [0, 0.1) is 13.8 Å². The molecular formula is C18H18O6. The van der Waals surface area contributed by atoms with Gasteiger partial charge in [-0.3, -0.25) is 0 Å². The molecule has 0 aliphatic rings. The first-order valence-corrected chi connectivity index (χ1v) is 7.24. The number of carbonyl (C=O) groups is 2. The van der Waals surface area contributed by atoms with Crippen molar-refractivity contribution in [3.63, 3.8) is 0 Å². The van der Waals surface area contributed by atoms with Crippen LogP contribution >= 0.6 is 0 Å². The van der Waals surface area contributed by atoms with Crippen LogP contribution in [0.1, 0.15) is 16.7 Å². The van der Waals surface area contributed by atoms with E-state index in [1.54, 1.807) is 31.2 Å². The number of benzene rings is 2. The van der Waals surface area contributed by atoms with Gasteiger partial charge in [0.15, 0.2) is 0 Å². The molecule has 0 aliphatic carbocycles. The molecule has 0 saturated carbocycles. The van der Waals surface area contributed by atoms with Gasteiger partial charge in [0.05, 0.1) is 0 Å². The molecule has 0 aliphatic heterocycles. The summed E-state index contributed by atoms with van der Waals surface area (Å²) >= 11 is 0. The van der Waals surface area contributed by atoms with Crippen molar-refractivity contribution in [2.45, 2.75) is 25.6 Å². The van der Waals surface area contributed by atoms with Crippen molar-refractivity contribution in [2.75, 3.05) is 0 Å². The van der Waals surface area contributed by atoms with Crippen molar-refractivity contribution < 1.29 is 29.6 Å². The lowest BCUT2D eigenvalue weighted by Crippen LogP contribution is -2.54. The third-order valence-electron chi connectivity index (χ3n) is 3.72. The zero-order valence-electron chi connectivity index (χ0n) is 13.3. The number of carboxylic acids is 2. The Labute approximate surface area is 138 Å². The van der Waals surface area contributed by atoms with E-state index in [1.165, 1.54) is 24.3 Å². The van der Waals surface area contributed by atoms with E-state index < -0.39 is 23.6 Å². The first-order chi connectivity index (χ1) is 11.3. The molecule has 0 bridgehead atoms. The van der Waals surface area contributed by atoms with Crippen LogP contribution in [-0.2, 0) is 15.2 Å². The van der Waals surface area contributed by atoms with Gasteiger partial charge in [-0.05, 0) is 26.0 Å². The molecule has 0 spiro atoms. The lowest BCUT2D eigenvalue weighted by molar-refractivity contribution is -0.180. The molecule has 24 heavy (non-hydrogen) atoms. The third kappa shape index (κ3) is 3.23. The Bertz CT molecular complexity index is 735. The minimum atomic E-state index is -2.46. The normalized spacial score (nSPS) is 14.5. The van der Waals surface area contributed by atoms with Crippen molar-refractivity contribution in [1.82, 2.24) is 0 Å². The Morgan fingerprint density at radius 2 is 1.38 bits per heavy atom. The number of carboxylic acid groups (broad SMARTS) is 2. The van der Waals surface area contributed by atoms with Gasteiger partial charge in [-0.15, -0.1) is 0 Å². The number of aliphatic carboxylic acids is 2. The summed E-state index contributed by atoms with van der Waals surface area (Å²) in [5.74, 6) is -3.14. The van der Waals surface area contributed by atoms with E-state index in [0.29, 0.717) is 0 Å². The number of ether oxygens (including phenoxy) is 1. The summed E-state index contributed by atoms with van der Waals surface area (Å²) in [7, 11) is 0. The molecule has 3 N–H and O–H groups in total. The van der Waals surface area contributed by atoms with E-state index in [1.807, 2.05) is 6.92 Å². The summed E-state index contributed by atoms with van der Waals surface area (Å²) < 4.78 is 5.54. The summed E-state index contributed by atoms with van der Waals surface area (Å²) in [5, 5.41) is 29.1. The highest BCUT2D eigenvalue weighted by atomic mass is 16.5. The van der Waals surface area contributed by atoms with Gasteiger partial charge in [-0.1, -0.05) is 47.5 Å². The summed E-state index contributed by atoms with van der Waals surface area (Å²) in [4.78, 5) is 23.3. The number of hydrogen-bond acceptors (Lipinski definition) is 4. The minimum Gasteiger partial charge on any atom is -0.479 e. The average molecular weight is 330 g/mol. The Hall–Kier alpha value is -2.86. The SMILES string of the molecule is Cc1ccc(OC(C(=O)O)(c2ccc(C)cc2)C(O)C(=O)O)cc1. The molecule has 6 heteroatoms. The van der Waals surface area contributed by atoms with Crippen LogP contribution in [0.15, 0.2) is 48.5 Å². The molecular weight excluding hydrogens is 312 g/mol. The van der Waals surface area contributed by atoms with Crippen LogP contribution in [-0.4, -0.2) is 33.4 Å². The zero-order chi connectivity index (χ0) is 17.9. The number of aliphatic hydroxyl groups excluding tert-OH is 1. The fraction of sp³-hybridized carbons (Fsp3) is 0.222. The molecule has 2 atom stereocenters. The third-order valence-corrected chi connectivity index (χ3v) is 3.72. The molecule has 0 saturated heterocycles. The maximum absolute atomic E-state index is 12.0. The Morgan fingerprint density at radius 3 is 1.79 bits per heavy atom. The highest BCUT2D eigenvalue weighted by Crippen LogP contribution is 2.33. The van der Waals surface area contributed by atoms with Crippen molar-refractivity contribution in [3.8, 4) is 5.75 Å². The van der Waals surface area contributed by atoms with Gasteiger partial charge in [0.1, 0.15) is 5.75 Å². The molecule has 126 valence electrons. The zero-order valence-corrected chi connectivity index (χ0v) is 13.3. The number of rotatable bonds is 6.